The van der Waals surface area contributed by atoms with Crippen LogP contribution in [0.1, 0.15) is 5.56 Å². The van der Waals surface area contributed by atoms with E-state index in [2.05, 4.69) is 43.8 Å². The zero-order valence-corrected chi connectivity index (χ0v) is 80.5. The predicted molar refractivity (Wildman–Crippen MR) is 534 cm³/mol. The van der Waals surface area contributed by atoms with Crippen LogP contribution in [0.25, 0.3) is 88.4 Å². The van der Waals surface area contributed by atoms with Crippen molar-refractivity contribution in [1.29, 1.82) is 0 Å². The molecule has 0 saturated carbocycles. The van der Waals surface area contributed by atoms with Gasteiger partial charge in [-0.2, -0.15) is 0 Å². The molecule has 11 aromatic carbocycles. The van der Waals surface area contributed by atoms with Crippen molar-refractivity contribution in [3.8, 4) is 45.0 Å². The zero-order chi connectivity index (χ0) is 97.7. The number of rotatable bonds is 20. The van der Waals surface area contributed by atoms with Crippen LogP contribution in [0.15, 0.2) is 336 Å². The molecule has 9 heterocycles. The van der Waals surface area contributed by atoms with Crippen molar-refractivity contribution in [2.75, 3.05) is 112 Å². The Balaban J connectivity index is 0.000000128. The molecule has 0 spiro atoms. The topological polar surface area (TPSA) is 436 Å². The van der Waals surface area contributed by atoms with Gasteiger partial charge in [-0.05, 0) is 217 Å². The van der Waals surface area contributed by atoms with Gasteiger partial charge in [0.25, 0.3) is 80.2 Å². The van der Waals surface area contributed by atoms with Crippen LogP contribution in [-0.2, 0) is 99.1 Å². The van der Waals surface area contributed by atoms with Gasteiger partial charge >= 0.3 is 0 Å². The number of nitrogens with zero attached hydrogens (tertiary/aromatic N) is 9. The van der Waals surface area contributed by atoms with Gasteiger partial charge in [-0.1, -0.05) is 115 Å². The van der Waals surface area contributed by atoms with Crippen LogP contribution in [0.2, 0.25) is 5.02 Å². The number of pyridine rings is 5. The summed E-state index contributed by atoms with van der Waals surface area (Å²) < 4.78 is 252. The highest BCUT2D eigenvalue weighted by atomic mass is 35.5. The van der Waals surface area contributed by atoms with E-state index < -0.39 is 110 Å². The van der Waals surface area contributed by atoms with Crippen LogP contribution in [0.4, 0.5) is 49.9 Å². The maximum absolute atomic E-state index is 14.7. The van der Waals surface area contributed by atoms with Crippen LogP contribution in [-0.4, -0.2) is 169 Å². The van der Waals surface area contributed by atoms with E-state index in [0.717, 1.165) is 81.3 Å². The summed E-state index contributed by atoms with van der Waals surface area (Å²) in [7, 11) is -30.3. The van der Waals surface area contributed by atoms with E-state index in [9.17, 15) is 71.7 Å². The summed E-state index contributed by atoms with van der Waals surface area (Å²) in [5, 5.41) is 5.51. The monoisotopic (exact) mass is 2050 g/mol. The Morgan fingerprint density at radius 2 is 0.705 bits per heavy atom. The first-order chi connectivity index (χ1) is 66.5. The lowest BCUT2D eigenvalue weighted by molar-refractivity contribution is 0.175. The molecule has 0 atom stereocenters. The third kappa shape index (κ3) is 22.0. The molecule has 4 aliphatic rings. The summed E-state index contributed by atoms with van der Waals surface area (Å²) in [4.78, 5) is 22.1. The second-order valence-electron chi connectivity index (χ2n) is 31.6. The van der Waals surface area contributed by atoms with E-state index in [4.69, 9.17) is 30.5 Å². The molecule has 33 nitrogen and oxygen atoms in total. The molecule has 0 aliphatic carbocycles. The van der Waals surface area contributed by atoms with Crippen molar-refractivity contribution in [1.82, 2.24) is 24.9 Å². The van der Waals surface area contributed by atoms with Crippen LogP contribution in [0.3, 0.4) is 0 Å². The molecule has 4 saturated heterocycles. The maximum Gasteiger partial charge on any atom is 0.263 e. The van der Waals surface area contributed by atoms with E-state index in [1.807, 2.05) is 140 Å². The van der Waals surface area contributed by atoms with E-state index in [0.29, 0.717) is 45.5 Å². The summed E-state index contributed by atoms with van der Waals surface area (Å²) >= 11 is 6.30. The van der Waals surface area contributed by atoms with Crippen LogP contribution in [0, 0.1) is 12.7 Å². The minimum atomic E-state index is -4.06. The minimum absolute atomic E-state index is 0.0175. The van der Waals surface area contributed by atoms with Gasteiger partial charge < -0.3 is 18.9 Å². The van der Waals surface area contributed by atoms with Crippen molar-refractivity contribution in [2.24, 2.45) is 0 Å². The van der Waals surface area contributed by atoms with Crippen molar-refractivity contribution in [3.05, 3.63) is 332 Å². The smallest absolute Gasteiger partial charge is 0.263 e. The molecule has 4 aliphatic heterocycles. The highest BCUT2D eigenvalue weighted by Gasteiger charge is 2.33. The number of aryl methyl sites for hydroxylation is 1. The van der Waals surface area contributed by atoms with Crippen molar-refractivity contribution >= 4 is 181 Å². The summed E-state index contributed by atoms with van der Waals surface area (Å²) in [6.07, 6.45) is 6.72. The third-order valence-electron chi connectivity index (χ3n) is 22.3. The summed E-state index contributed by atoms with van der Waals surface area (Å²) in [5.41, 5.74) is 10.3. The van der Waals surface area contributed by atoms with Gasteiger partial charge in [0.15, 0.2) is 23.8 Å². The lowest BCUT2D eigenvalue weighted by atomic mass is 10.0. The number of sulfonamides is 8. The lowest BCUT2D eigenvalue weighted by Crippen LogP contribution is -2.41. The molecule has 0 amide bonds. The largest absolute Gasteiger partial charge is 0.362 e. The fraction of sp³-hybridized carbons (Fsp3) is 0.135. The number of hydrogen-bond acceptors (Lipinski definition) is 25. The molecule has 0 radical (unpaired) electrons. The van der Waals surface area contributed by atoms with E-state index in [1.54, 1.807) is 73.3 Å². The molecule has 4 N–H and O–H groups in total. The molecule has 714 valence electrons. The van der Waals surface area contributed by atoms with E-state index >= 15 is 0 Å². The summed E-state index contributed by atoms with van der Waals surface area (Å²) in [5.74, 6) is -2.18. The minimum Gasteiger partial charge on any atom is -0.362 e. The van der Waals surface area contributed by atoms with Gasteiger partial charge in [0, 0.05) is 85.9 Å². The number of aromatic nitrogens is 5. The predicted octanol–water partition coefficient (Wildman–Crippen LogP) is 15.8. The Hall–Kier alpha value is -13.7. The fourth-order valence-electron chi connectivity index (χ4n) is 15.6. The number of halogens is 2. The number of ether oxygens (including phenoxy) is 4. The Morgan fingerprint density at radius 1 is 0.331 bits per heavy atom. The normalized spacial score (nSPS) is 15.8. The molecule has 0 unspecified atom stereocenters. The lowest BCUT2D eigenvalue weighted by Gasteiger charge is -2.28. The average molecular weight is 2050 g/mol. The van der Waals surface area contributed by atoms with E-state index in [1.165, 1.54) is 122 Å². The third-order valence-corrected chi connectivity index (χ3v) is 34.5. The van der Waals surface area contributed by atoms with E-state index in [-0.39, 0.29) is 94.1 Å². The van der Waals surface area contributed by atoms with Gasteiger partial charge in [-0.3, -0.25) is 56.0 Å². The first kappa shape index (κ1) is 96.9. The van der Waals surface area contributed by atoms with Gasteiger partial charge in [0.2, 0.25) is 0 Å². The second kappa shape index (κ2) is 40.4. The Labute approximate surface area is 806 Å². The highest BCUT2D eigenvalue weighted by Crippen LogP contribution is 2.39. The number of anilines is 8. The Kier molecular flexibility index (Phi) is 28.2. The van der Waals surface area contributed by atoms with Crippen molar-refractivity contribution in [2.45, 2.75) is 26.5 Å². The molecule has 20 rings (SSSR count). The number of hydrogen-bond donors (Lipinski definition) is 4. The zero-order valence-electron chi connectivity index (χ0n) is 73.2. The standard InChI is InChI=1S/C24H20ClN3O5S2.C24H20FN3O5S2.C24H22N4O5S2.C24H21N3O5S2/c25-22-15-20(28-12-13-33-16-34(28,29)30)8-9-23(22)35(31,32)27-19-6-3-5-18(14-19)24-21-7-2-1-4-17(21)10-11-26-24;25-23-10-5-18(15-22(23)24-21-4-2-1-3-17(21)11-12-26-24)27-35(31,32)20-8-6-19(7-9-20)28-13-14-33-16-34(28,29)30;1-17-4-5-18(15-21(17)22-10-11-23-24(26-22)3-2-12-25-23)27-35(31,32)20-8-6-19(7-9-20)28-13-14-33-16-34(28,29)30;28-33(29)17-32-15-14-27(33)21-8-10-22(11-9-21)34(30,31)26-20-6-3-5-19(16-20)24-23-7-2-1-4-18(23)12-13-25-24/h1-11,14-15,27H,12-13,16H2;1-12,15,27H,13-14,16H2;2-12,15,27H,13-14,16H2,1H3;1-13,16,26H,14-15,17H2. The summed E-state index contributed by atoms with van der Waals surface area (Å²) in [6, 6.07) is 80.3. The van der Waals surface area contributed by atoms with Crippen LogP contribution < -0.4 is 36.1 Å². The maximum atomic E-state index is 14.7. The fourth-order valence-corrected chi connectivity index (χ4v) is 25.4. The second-order valence-corrected chi connectivity index (χ2v) is 46.1. The molecule has 5 aromatic heterocycles. The highest BCUT2D eigenvalue weighted by molar-refractivity contribution is 7.94. The average Bonchev–Trinajstić information content (AvgIpc) is 0.789. The molecule has 0 bridgehead atoms. The van der Waals surface area contributed by atoms with Crippen molar-refractivity contribution in [3.63, 3.8) is 0 Å². The molecule has 139 heavy (non-hydrogen) atoms. The molecular formula is C96H83ClFN13O20S8. The Morgan fingerprint density at radius 3 is 1.13 bits per heavy atom. The molecule has 4 fully saturated rings. The number of fused-ring (bicyclic) bond motifs is 4. The van der Waals surface area contributed by atoms with Gasteiger partial charge in [-0.25, -0.2) is 76.7 Å². The molecule has 16 aromatic rings. The molecule has 43 heteroatoms. The quantitative estimate of drug-likeness (QED) is 0.0550. The first-order valence-corrected chi connectivity index (χ1v) is 55.2. The first-order valence-electron chi connectivity index (χ1n) is 42.4. The Bertz CT molecular complexity index is 8400. The van der Waals surface area contributed by atoms with Crippen LogP contribution in [0.5, 0.6) is 0 Å². The summed E-state index contributed by atoms with van der Waals surface area (Å²) in [6.45, 7) is 3.60. The number of benzene rings is 11. The van der Waals surface area contributed by atoms with Gasteiger partial charge in [0.1, 0.15) is 10.7 Å². The molecular weight excluding hydrogens is 1970 g/mol. The SMILES string of the molecule is Cc1ccc(NS(=O)(=O)c2ccc(N3CCOCS3(=O)=O)cc2)cc1-c1ccc2ncccc2n1.O=S(=O)(Nc1ccc(F)c(-c2nccc3ccccc23)c1)c1ccc(N2CCOCS2(=O)=O)cc1.O=S(=O)(Nc1cccc(-c2nccc3ccccc23)c1)c1ccc(N2CCOCS2(=O)=O)cc1.O=S(=O)(Nc1cccc(-c2nccc3ccccc23)c1)c1ccc(N2CCOCS2(=O)=O)cc1Cl. The van der Waals surface area contributed by atoms with Gasteiger partial charge in [0.05, 0.1) is 129 Å². The van der Waals surface area contributed by atoms with Gasteiger partial charge in [-0.15, -0.1) is 0 Å². The van der Waals surface area contributed by atoms with Crippen molar-refractivity contribution < 1.29 is 90.7 Å². The van der Waals surface area contributed by atoms with Crippen LogP contribution >= 0.6 is 11.6 Å². The number of nitrogens with one attached hydrogen (secondary N) is 4.